The molecule has 1 aliphatic rings. The Kier molecular flexibility index (Phi) is 16.5. The average Bonchev–Trinajstić information content (AvgIpc) is 2.73. The maximum atomic E-state index is 10.3. The van der Waals surface area contributed by atoms with Gasteiger partial charge in [0.2, 0.25) is 5.91 Å². The van der Waals surface area contributed by atoms with E-state index in [1.807, 2.05) is 0 Å². The Labute approximate surface area is 112 Å². The third-order valence-electron chi connectivity index (χ3n) is 1.61. The summed E-state index contributed by atoms with van der Waals surface area (Å²) in [5.74, 6) is -1.98. The number of nitrogens with one attached hydrogen (secondary N) is 1. The number of ether oxygens (including phenoxy) is 1. The van der Waals surface area contributed by atoms with Crippen LogP contribution in [0.4, 0.5) is 0 Å². The first kappa shape index (κ1) is 22.2. The second-order valence-corrected chi connectivity index (χ2v) is 2.91. The van der Waals surface area contributed by atoms with Gasteiger partial charge in [-0.25, -0.2) is 0 Å². The molecule has 0 aliphatic carbocycles. The van der Waals surface area contributed by atoms with Crippen LogP contribution in [0.25, 0.3) is 0 Å². The zero-order valence-corrected chi connectivity index (χ0v) is 10.4. The number of carbonyl (C=O) groups is 4. The van der Waals surface area contributed by atoms with Crippen LogP contribution in [0.15, 0.2) is 0 Å². The zero-order chi connectivity index (χ0) is 14.6. The summed E-state index contributed by atoms with van der Waals surface area (Å²) in [6.45, 7) is 0. The molecule has 0 saturated carbocycles. The van der Waals surface area contributed by atoms with Crippen molar-refractivity contribution in [1.82, 2.24) is 5.32 Å². The highest BCUT2D eigenvalue weighted by molar-refractivity contribution is 5.92. The van der Waals surface area contributed by atoms with Crippen molar-refractivity contribution in [3.05, 3.63) is 0 Å². The predicted molar refractivity (Wildman–Crippen MR) is 68.1 cm³/mol. The monoisotopic (exact) mass is 278 g/mol. The summed E-state index contributed by atoms with van der Waals surface area (Å²) in [7, 11) is 2.98. The molecule has 0 radical (unpaired) electrons. The van der Waals surface area contributed by atoms with Crippen LogP contribution in [0.1, 0.15) is 33.1 Å². The summed E-state index contributed by atoms with van der Waals surface area (Å²) in [4.78, 5) is 40.2. The Balaban J connectivity index is -0.000000231. The Morgan fingerprint density at radius 3 is 1.84 bits per heavy atom. The minimum atomic E-state index is -0.946. The van der Waals surface area contributed by atoms with E-state index in [9.17, 15) is 19.2 Å². The minimum absolute atomic E-state index is 0. The number of carbonyl (C=O) groups excluding carboxylic acids is 3. The van der Waals surface area contributed by atoms with Gasteiger partial charge in [-0.3, -0.25) is 19.2 Å². The zero-order valence-electron chi connectivity index (χ0n) is 10.4. The Morgan fingerprint density at radius 1 is 1.21 bits per heavy atom. The molecular formula is C11H22N2O6. The molecule has 0 spiro atoms. The number of hydrogen-bond acceptors (Lipinski definition) is 6. The van der Waals surface area contributed by atoms with E-state index >= 15 is 0 Å². The molecule has 0 aromatic carbocycles. The normalized spacial score (nSPS) is 11.7. The lowest BCUT2D eigenvalue weighted by Gasteiger charge is -1.93. The molecule has 1 saturated heterocycles. The van der Waals surface area contributed by atoms with Crippen molar-refractivity contribution in [3.63, 3.8) is 0 Å². The number of carboxylic acid groups (broad SMARTS) is 1. The van der Waals surface area contributed by atoms with Crippen LogP contribution in [-0.2, 0) is 23.9 Å². The lowest BCUT2D eigenvalue weighted by molar-refractivity contribution is -0.152. The number of esters is 2. The maximum Gasteiger partial charge on any atom is 0.314 e. The maximum absolute atomic E-state index is 10.3. The summed E-state index contributed by atoms with van der Waals surface area (Å²) < 4.78 is 4.08. The van der Waals surface area contributed by atoms with Gasteiger partial charge in [0.05, 0.1) is 19.3 Å². The quantitative estimate of drug-likeness (QED) is 0.474. The van der Waals surface area contributed by atoms with Crippen molar-refractivity contribution >= 4 is 23.8 Å². The predicted octanol–water partition coefficient (Wildman–Crippen LogP) is -0.342. The van der Waals surface area contributed by atoms with Crippen molar-refractivity contribution in [2.24, 2.45) is 5.73 Å². The molecule has 1 aliphatic heterocycles. The SMILES string of the molecule is C.CN.CNC(=O)CCC(=O)O.O=C1CCC(=O)O1. The second-order valence-electron chi connectivity index (χ2n) is 2.91. The van der Waals surface area contributed by atoms with Crippen molar-refractivity contribution in [1.29, 1.82) is 0 Å². The van der Waals surface area contributed by atoms with Crippen molar-refractivity contribution < 1.29 is 29.0 Å². The number of carboxylic acids is 1. The Morgan fingerprint density at radius 2 is 1.63 bits per heavy atom. The second kappa shape index (κ2) is 14.1. The molecular weight excluding hydrogens is 256 g/mol. The van der Waals surface area contributed by atoms with Crippen LogP contribution in [0.2, 0.25) is 0 Å². The number of nitrogens with two attached hydrogens (primary N) is 1. The average molecular weight is 278 g/mol. The van der Waals surface area contributed by atoms with Gasteiger partial charge < -0.3 is 20.9 Å². The molecule has 8 nitrogen and oxygen atoms in total. The number of amides is 1. The fourth-order valence-electron chi connectivity index (χ4n) is 0.779. The number of cyclic esters (lactones) is 2. The van der Waals surface area contributed by atoms with Crippen LogP contribution < -0.4 is 11.1 Å². The summed E-state index contributed by atoms with van der Waals surface area (Å²) in [6, 6.07) is 0. The Bertz CT molecular complexity index is 290. The highest BCUT2D eigenvalue weighted by atomic mass is 16.6. The largest absolute Gasteiger partial charge is 0.481 e. The van der Waals surface area contributed by atoms with E-state index in [0.717, 1.165) is 0 Å². The molecule has 1 fully saturated rings. The minimum Gasteiger partial charge on any atom is -0.481 e. The number of rotatable bonds is 3. The first-order valence-electron chi connectivity index (χ1n) is 5.19. The fraction of sp³-hybridized carbons (Fsp3) is 0.636. The van der Waals surface area contributed by atoms with Gasteiger partial charge in [0.25, 0.3) is 0 Å². The van der Waals surface area contributed by atoms with E-state index in [1.165, 1.54) is 14.1 Å². The van der Waals surface area contributed by atoms with Crippen molar-refractivity contribution in [3.8, 4) is 0 Å². The lowest BCUT2D eigenvalue weighted by atomic mass is 10.3. The molecule has 112 valence electrons. The third kappa shape index (κ3) is 16.0. The summed E-state index contributed by atoms with van der Waals surface area (Å²) in [5.41, 5.74) is 4.50. The van der Waals surface area contributed by atoms with Gasteiger partial charge in [-0.2, -0.15) is 0 Å². The first-order chi connectivity index (χ1) is 8.45. The molecule has 0 bridgehead atoms. The van der Waals surface area contributed by atoms with Gasteiger partial charge in [-0.05, 0) is 7.05 Å². The van der Waals surface area contributed by atoms with E-state index in [1.54, 1.807) is 0 Å². The highest BCUT2D eigenvalue weighted by Crippen LogP contribution is 2.03. The Hall–Kier alpha value is -1.96. The molecule has 4 N–H and O–H groups in total. The van der Waals surface area contributed by atoms with Crippen LogP contribution in [0, 0.1) is 0 Å². The van der Waals surface area contributed by atoms with Gasteiger partial charge in [-0.15, -0.1) is 0 Å². The molecule has 0 aromatic heterocycles. The van der Waals surface area contributed by atoms with E-state index < -0.39 is 17.9 Å². The molecule has 8 heteroatoms. The van der Waals surface area contributed by atoms with Gasteiger partial charge in [0, 0.05) is 13.5 Å². The van der Waals surface area contributed by atoms with E-state index in [2.05, 4.69) is 15.8 Å². The number of aliphatic carboxylic acids is 1. The van der Waals surface area contributed by atoms with E-state index in [0.29, 0.717) is 0 Å². The molecule has 1 heterocycles. The van der Waals surface area contributed by atoms with Gasteiger partial charge in [0.15, 0.2) is 0 Å². The smallest absolute Gasteiger partial charge is 0.314 e. The van der Waals surface area contributed by atoms with Crippen LogP contribution in [0.3, 0.4) is 0 Å². The lowest BCUT2D eigenvalue weighted by Crippen LogP contribution is -2.18. The molecule has 1 amide bonds. The van der Waals surface area contributed by atoms with Gasteiger partial charge in [0.1, 0.15) is 0 Å². The van der Waals surface area contributed by atoms with Crippen LogP contribution in [-0.4, -0.2) is 43.0 Å². The van der Waals surface area contributed by atoms with Gasteiger partial charge in [-0.1, -0.05) is 7.43 Å². The van der Waals surface area contributed by atoms with Gasteiger partial charge >= 0.3 is 17.9 Å². The third-order valence-corrected chi connectivity index (χ3v) is 1.61. The first-order valence-corrected chi connectivity index (χ1v) is 5.19. The van der Waals surface area contributed by atoms with E-state index in [-0.39, 0.29) is 39.0 Å². The molecule has 0 unspecified atom stereocenters. The van der Waals surface area contributed by atoms with E-state index in [4.69, 9.17) is 5.11 Å². The van der Waals surface area contributed by atoms with Crippen molar-refractivity contribution in [2.45, 2.75) is 33.1 Å². The van der Waals surface area contributed by atoms with Crippen LogP contribution in [0.5, 0.6) is 0 Å². The van der Waals surface area contributed by atoms with Crippen molar-refractivity contribution in [2.75, 3.05) is 14.1 Å². The molecule has 0 atom stereocenters. The highest BCUT2D eigenvalue weighted by Gasteiger charge is 2.19. The summed E-state index contributed by atoms with van der Waals surface area (Å²) in [5, 5.41) is 10.4. The molecule has 19 heavy (non-hydrogen) atoms. The standard InChI is InChI=1S/C5H9NO3.C4H4O3.CH5N.CH4/c1-6-4(7)2-3-5(8)9;5-3-1-2-4(6)7-3;1-2;/h2-3H2,1H3,(H,6,7)(H,8,9);1-2H2;2H2,1H3;1H4. The van der Waals surface area contributed by atoms with Crippen LogP contribution >= 0.6 is 0 Å². The summed E-state index contributed by atoms with van der Waals surface area (Å²) in [6.07, 6.45) is 0.489. The topological polar surface area (TPSA) is 136 Å². The summed E-state index contributed by atoms with van der Waals surface area (Å²) >= 11 is 0. The molecule has 1 rings (SSSR count). The molecule has 0 aromatic rings. The number of hydrogen-bond donors (Lipinski definition) is 3. The fourth-order valence-corrected chi connectivity index (χ4v) is 0.779.